The van der Waals surface area contributed by atoms with E-state index in [1.807, 2.05) is 0 Å². The zero-order chi connectivity index (χ0) is 23.0. The molecule has 0 bridgehead atoms. The smallest absolute Gasteiger partial charge is 0.284 e. The number of alkyl halides is 3. The number of carbonyl (C=O) groups is 1. The van der Waals surface area contributed by atoms with Crippen molar-refractivity contribution in [3.05, 3.63) is 46.3 Å². The highest BCUT2D eigenvalue weighted by atomic mass is 35.5. The summed E-state index contributed by atoms with van der Waals surface area (Å²) in [5.74, 6) is -1.28. The van der Waals surface area contributed by atoms with Crippen molar-refractivity contribution in [1.29, 1.82) is 0 Å². The molecule has 8 nitrogen and oxygen atoms in total. The van der Waals surface area contributed by atoms with Gasteiger partial charge in [-0.15, -0.1) is 10.2 Å². The third-order valence-corrected chi connectivity index (χ3v) is 7.05. The molecule has 0 saturated carbocycles. The van der Waals surface area contributed by atoms with E-state index in [4.69, 9.17) is 11.6 Å². The van der Waals surface area contributed by atoms with Crippen molar-refractivity contribution in [2.75, 3.05) is 17.7 Å². The molecule has 0 aromatic carbocycles. The lowest BCUT2D eigenvalue weighted by Gasteiger charge is -2.16. The minimum absolute atomic E-state index is 0.150. The van der Waals surface area contributed by atoms with Crippen LogP contribution in [0.4, 0.5) is 18.3 Å². The fourth-order valence-electron chi connectivity index (χ4n) is 2.40. The van der Waals surface area contributed by atoms with Gasteiger partial charge in [-0.25, -0.2) is 13.4 Å². The first-order valence-corrected chi connectivity index (χ1v) is 11.3. The van der Waals surface area contributed by atoms with E-state index in [-0.39, 0.29) is 27.1 Å². The number of halogens is 4. The number of hydrogen-bond acceptors (Lipinski definition) is 8. The maximum atomic E-state index is 12.9. The third-order valence-electron chi connectivity index (χ3n) is 4.04. The Balaban J connectivity index is 2.06. The van der Waals surface area contributed by atoms with Crippen LogP contribution in [0.25, 0.3) is 11.3 Å². The zero-order valence-electron chi connectivity index (χ0n) is 15.9. The van der Waals surface area contributed by atoms with Gasteiger partial charge in [0.2, 0.25) is 10.1 Å². The van der Waals surface area contributed by atoms with Crippen LogP contribution in [0, 0.1) is 0 Å². The van der Waals surface area contributed by atoms with Gasteiger partial charge in [0.15, 0.2) is 9.84 Å². The van der Waals surface area contributed by atoms with E-state index in [0.717, 1.165) is 11.9 Å². The Morgan fingerprint density at radius 3 is 2.45 bits per heavy atom. The largest absolute Gasteiger partial charge is 0.445 e. The van der Waals surface area contributed by atoms with E-state index in [9.17, 15) is 26.4 Å². The quantitative estimate of drug-likeness (QED) is 0.535. The third kappa shape index (κ3) is 4.83. The molecule has 3 rings (SSSR count). The number of amides is 1. The van der Waals surface area contributed by atoms with Crippen LogP contribution in [-0.2, 0) is 16.0 Å². The topological polar surface area (TPSA) is 106 Å². The molecular weight excluding hydrogens is 479 g/mol. The molecule has 0 saturated heterocycles. The van der Waals surface area contributed by atoms with E-state index in [0.29, 0.717) is 16.3 Å². The van der Waals surface area contributed by atoms with Gasteiger partial charge in [0.05, 0.1) is 21.4 Å². The predicted molar refractivity (Wildman–Crippen MR) is 108 cm³/mol. The molecule has 0 unspecified atom stereocenters. The Bertz CT molecular complexity index is 1230. The van der Waals surface area contributed by atoms with Crippen molar-refractivity contribution in [2.24, 2.45) is 0 Å². The standard InChI is InChI=1S/C17H13ClF3N5O3S2/c1-3-31(28,29)12-6-9(11-5-4-10(18)8-22-11)7-23-13(12)14(27)26(2)16-25-24-15(30-16)17(19,20)21/h4-8H,3H2,1-2H3. The van der Waals surface area contributed by atoms with E-state index in [1.165, 1.54) is 25.4 Å². The van der Waals surface area contributed by atoms with Gasteiger partial charge in [-0.1, -0.05) is 29.9 Å². The van der Waals surface area contributed by atoms with Gasteiger partial charge in [0.25, 0.3) is 5.91 Å². The highest BCUT2D eigenvalue weighted by Gasteiger charge is 2.37. The number of rotatable bonds is 5. The molecular formula is C17H13ClF3N5O3S2. The second-order valence-corrected chi connectivity index (χ2v) is 9.73. The van der Waals surface area contributed by atoms with E-state index in [1.54, 1.807) is 12.1 Å². The molecule has 3 aromatic rings. The SMILES string of the molecule is CCS(=O)(=O)c1cc(-c2ccc(Cl)cn2)cnc1C(=O)N(C)c1nnc(C(F)(F)F)s1. The molecule has 31 heavy (non-hydrogen) atoms. The summed E-state index contributed by atoms with van der Waals surface area (Å²) in [6.45, 7) is 1.39. The van der Waals surface area contributed by atoms with Crippen molar-refractivity contribution in [2.45, 2.75) is 18.0 Å². The molecule has 0 aliphatic carbocycles. The van der Waals surface area contributed by atoms with Gasteiger partial charge in [-0.3, -0.25) is 14.7 Å². The zero-order valence-corrected chi connectivity index (χ0v) is 18.3. The van der Waals surface area contributed by atoms with Crippen LogP contribution in [-0.4, -0.2) is 47.3 Å². The molecule has 0 aliphatic heterocycles. The Kier molecular flexibility index (Phi) is 6.30. The van der Waals surface area contributed by atoms with Gasteiger partial charge in [-0.05, 0) is 18.2 Å². The average molecular weight is 492 g/mol. The summed E-state index contributed by atoms with van der Waals surface area (Å²) in [5.41, 5.74) is 0.236. The highest BCUT2D eigenvalue weighted by Crippen LogP contribution is 2.34. The molecule has 0 radical (unpaired) electrons. The summed E-state index contributed by atoms with van der Waals surface area (Å²) in [5, 5.41) is 5.18. The van der Waals surface area contributed by atoms with Gasteiger partial charge in [0, 0.05) is 25.0 Å². The number of hydrogen-bond donors (Lipinski definition) is 0. The molecule has 0 atom stereocenters. The maximum Gasteiger partial charge on any atom is 0.445 e. The second-order valence-electron chi connectivity index (χ2n) is 6.09. The number of carbonyl (C=O) groups excluding carboxylic acids is 1. The van der Waals surface area contributed by atoms with E-state index in [2.05, 4.69) is 20.2 Å². The lowest BCUT2D eigenvalue weighted by molar-refractivity contribution is -0.138. The number of nitrogens with zero attached hydrogens (tertiary/aromatic N) is 5. The van der Waals surface area contributed by atoms with Crippen LogP contribution in [0.1, 0.15) is 22.4 Å². The molecule has 3 heterocycles. The van der Waals surface area contributed by atoms with Crippen molar-refractivity contribution >= 4 is 43.8 Å². The first kappa shape index (κ1) is 23.0. The number of sulfone groups is 1. The molecule has 14 heteroatoms. The molecule has 0 spiro atoms. The Morgan fingerprint density at radius 2 is 1.90 bits per heavy atom. The van der Waals surface area contributed by atoms with Crippen molar-refractivity contribution in [3.63, 3.8) is 0 Å². The Morgan fingerprint density at radius 1 is 1.19 bits per heavy atom. The van der Waals surface area contributed by atoms with Gasteiger partial charge < -0.3 is 0 Å². The number of anilines is 1. The number of aromatic nitrogens is 4. The van der Waals surface area contributed by atoms with Crippen LogP contribution in [0.15, 0.2) is 35.5 Å². The van der Waals surface area contributed by atoms with Crippen LogP contribution in [0.3, 0.4) is 0 Å². The molecule has 164 valence electrons. The molecule has 0 aliphatic rings. The fourth-order valence-corrected chi connectivity index (χ4v) is 4.23. The van der Waals surface area contributed by atoms with Crippen molar-refractivity contribution in [3.8, 4) is 11.3 Å². The number of pyridine rings is 2. The Labute approximate surface area is 183 Å². The summed E-state index contributed by atoms with van der Waals surface area (Å²) in [4.78, 5) is 21.4. The van der Waals surface area contributed by atoms with Crippen molar-refractivity contribution in [1.82, 2.24) is 20.2 Å². The van der Waals surface area contributed by atoms with Gasteiger partial charge in [-0.2, -0.15) is 13.2 Å². The summed E-state index contributed by atoms with van der Waals surface area (Å²) < 4.78 is 63.6. The van der Waals surface area contributed by atoms with E-state index < -0.39 is 32.6 Å². The van der Waals surface area contributed by atoms with E-state index >= 15 is 0 Å². The monoisotopic (exact) mass is 491 g/mol. The molecule has 1 amide bonds. The van der Waals surface area contributed by atoms with Crippen LogP contribution >= 0.6 is 22.9 Å². The lowest BCUT2D eigenvalue weighted by atomic mass is 10.1. The minimum Gasteiger partial charge on any atom is -0.284 e. The fraction of sp³-hybridized carbons (Fsp3) is 0.235. The Hall–Kier alpha value is -2.64. The summed E-state index contributed by atoms with van der Waals surface area (Å²) in [6, 6.07) is 4.35. The van der Waals surface area contributed by atoms with Crippen LogP contribution in [0.5, 0.6) is 0 Å². The van der Waals surface area contributed by atoms with Crippen LogP contribution in [0.2, 0.25) is 5.02 Å². The summed E-state index contributed by atoms with van der Waals surface area (Å²) in [7, 11) is -2.77. The highest BCUT2D eigenvalue weighted by molar-refractivity contribution is 7.91. The average Bonchev–Trinajstić information content (AvgIpc) is 3.24. The maximum absolute atomic E-state index is 12.9. The normalized spacial score (nSPS) is 12.1. The molecule has 3 aromatic heterocycles. The second kappa shape index (κ2) is 8.48. The van der Waals surface area contributed by atoms with Crippen molar-refractivity contribution < 1.29 is 26.4 Å². The van der Waals surface area contributed by atoms with Crippen LogP contribution < -0.4 is 4.90 Å². The molecule has 0 fully saturated rings. The van der Waals surface area contributed by atoms with Gasteiger partial charge in [0.1, 0.15) is 5.69 Å². The minimum atomic E-state index is -4.72. The molecule has 0 N–H and O–H groups in total. The first-order chi connectivity index (χ1) is 14.4. The summed E-state index contributed by atoms with van der Waals surface area (Å²) >= 11 is 5.96. The lowest BCUT2D eigenvalue weighted by Crippen LogP contribution is -2.29. The van der Waals surface area contributed by atoms with Gasteiger partial charge >= 0.3 is 6.18 Å². The first-order valence-electron chi connectivity index (χ1n) is 8.47. The predicted octanol–water partition coefficient (Wildman–Crippen LogP) is 3.74. The summed E-state index contributed by atoms with van der Waals surface area (Å²) in [6.07, 6.45) is -2.11.